The second-order valence-corrected chi connectivity index (χ2v) is 5.84. The van der Waals surface area contributed by atoms with Crippen LogP contribution in [-0.2, 0) is 4.74 Å². The van der Waals surface area contributed by atoms with Crippen LogP contribution in [0.1, 0.15) is 25.7 Å². The Kier molecular flexibility index (Phi) is 3.86. The Balaban J connectivity index is 1.78. The number of nitrogens with one attached hydrogen (secondary N) is 1. The van der Waals surface area contributed by atoms with Crippen molar-refractivity contribution in [1.82, 2.24) is 8.75 Å². The average Bonchev–Trinajstić information content (AvgIpc) is 2.91. The molecule has 4 nitrogen and oxygen atoms in total. The molecule has 0 radical (unpaired) electrons. The van der Waals surface area contributed by atoms with E-state index in [0.717, 1.165) is 42.4 Å². The molecule has 1 aliphatic rings. The molecule has 1 fully saturated rings. The summed E-state index contributed by atoms with van der Waals surface area (Å²) in [5.74, 6) is 0. The first-order valence-corrected chi connectivity index (χ1v) is 7.59. The predicted octanol–water partition coefficient (Wildman–Crippen LogP) is 3.71. The van der Waals surface area contributed by atoms with Crippen molar-refractivity contribution in [2.45, 2.75) is 37.8 Å². The molecule has 1 saturated carbocycles. The fourth-order valence-corrected chi connectivity index (χ4v) is 3.36. The summed E-state index contributed by atoms with van der Waals surface area (Å²) in [6.07, 6.45) is 4.80. The molecule has 2 aromatic rings. The first kappa shape index (κ1) is 13.1. The van der Waals surface area contributed by atoms with Crippen LogP contribution in [0.25, 0.3) is 11.0 Å². The standard InChI is InChI=1S/C13H16ClN3OS/c1-18-9-4-2-8(3-5-9)15-12-10(14)6-7-11-13(12)17-19-16-11/h6-9,15H,2-5H2,1H3. The molecule has 0 aliphatic heterocycles. The molecule has 1 aliphatic carbocycles. The van der Waals surface area contributed by atoms with E-state index < -0.39 is 0 Å². The smallest absolute Gasteiger partial charge is 0.129 e. The summed E-state index contributed by atoms with van der Waals surface area (Å²) in [5, 5.41) is 4.26. The van der Waals surface area contributed by atoms with E-state index in [1.54, 1.807) is 7.11 Å². The van der Waals surface area contributed by atoms with Crippen molar-refractivity contribution in [3.63, 3.8) is 0 Å². The Labute approximate surface area is 121 Å². The Morgan fingerprint density at radius 2 is 2.05 bits per heavy atom. The highest BCUT2D eigenvalue weighted by molar-refractivity contribution is 7.00. The molecule has 6 heteroatoms. The van der Waals surface area contributed by atoms with Gasteiger partial charge in [0, 0.05) is 13.2 Å². The van der Waals surface area contributed by atoms with Crippen molar-refractivity contribution >= 4 is 40.0 Å². The molecule has 0 atom stereocenters. The van der Waals surface area contributed by atoms with Crippen LogP contribution < -0.4 is 5.32 Å². The highest BCUT2D eigenvalue weighted by Gasteiger charge is 2.22. The minimum atomic E-state index is 0.408. The van der Waals surface area contributed by atoms with Crippen LogP contribution in [0.15, 0.2) is 12.1 Å². The number of methoxy groups -OCH3 is 1. The molecular weight excluding hydrogens is 282 g/mol. The van der Waals surface area contributed by atoms with Crippen LogP contribution in [0.4, 0.5) is 5.69 Å². The molecule has 1 N–H and O–H groups in total. The van der Waals surface area contributed by atoms with Gasteiger partial charge in [0.2, 0.25) is 0 Å². The van der Waals surface area contributed by atoms with Gasteiger partial charge in [0.25, 0.3) is 0 Å². The molecule has 0 bridgehead atoms. The van der Waals surface area contributed by atoms with E-state index in [1.807, 2.05) is 12.1 Å². The summed E-state index contributed by atoms with van der Waals surface area (Å²) in [7, 11) is 1.79. The van der Waals surface area contributed by atoms with Crippen molar-refractivity contribution in [3.8, 4) is 0 Å². The quantitative estimate of drug-likeness (QED) is 0.938. The predicted molar refractivity (Wildman–Crippen MR) is 79.1 cm³/mol. The molecule has 1 aromatic heterocycles. The molecule has 19 heavy (non-hydrogen) atoms. The topological polar surface area (TPSA) is 47.0 Å². The van der Waals surface area contributed by atoms with Crippen molar-refractivity contribution in [3.05, 3.63) is 17.2 Å². The maximum Gasteiger partial charge on any atom is 0.129 e. The first-order chi connectivity index (χ1) is 9.28. The Morgan fingerprint density at radius 3 is 2.79 bits per heavy atom. The molecule has 102 valence electrons. The summed E-state index contributed by atoms with van der Waals surface area (Å²) in [6.45, 7) is 0. The lowest BCUT2D eigenvalue weighted by atomic mass is 9.93. The number of fused-ring (bicyclic) bond motifs is 1. The summed E-state index contributed by atoms with van der Waals surface area (Å²) >= 11 is 7.51. The van der Waals surface area contributed by atoms with Gasteiger partial charge in [0.1, 0.15) is 11.0 Å². The van der Waals surface area contributed by atoms with E-state index in [4.69, 9.17) is 16.3 Å². The van der Waals surface area contributed by atoms with E-state index in [0.29, 0.717) is 17.2 Å². The van der Waals surface area contributed by atoms with Crippen molar-refractivity contribution in [2.24, 2.45) is 0 Å². The second kappa shape index (κ2) is 5.61. The summed E-state index contributed by atoms with van der Waals surface area (Å²) < 4.78 is 14.0. The van der Waals surface area contributed by atoms with Crippen molar-refractivity contribution in [2.75, 3.05) is 12.4 Å². The van der Waals surface area contributed by atoms with Crippen LogP contribution in [0, 0.1) is 0 Å². The lowest BCUT2D eigenvalue weighted by molar-refractivity contribution is 0.0682. The first-order valence-electron chi connectivity index (χ1n) is 6.48. The fraction of sp³-hybridized carbons (Fsp3) is 0.538. The molecule has 0 saturated heterocycles. The van der Waals surface area contributed by atoms with Gasteiger partial charge in [-0.2, -0.15) is 8.75 Å². The third-order valence-electron chi connectivity index (χ3n) is 3.73. The van der Waals surface area contributed by atoms with Crippen LogP contribution >= 0.6 is 23.3 Å². The van der Waals surface area contributed by atoms with E-state index in [2.05, 4.69) is 14.1 Å². The van der Waals surface area contributed by atoms with Gasteiger partial charge < -0.3 is 10.1 Å². The number of anilines is 1. The third kappa shape index (κ3) is 2.68. The largest absolute Gasteiger partial charge is 0.381 e. The number of ether oxygens (including phenoxy) is 1. The van der Waals surface area contributed by atoms with Crippen LogP contribution in [-0.4, -0.2) is 28.0 Å². The number of nitrogens with zero attached hydrogens (tertiary/aromatic N) is 2. The van der Waals surface area contributed by atoms with Gasteiger partial charge in [0.15, 0.2) is 0 Å². The fourth-order valence-electron chi connectivity index (χ4n) is 2.61. The van der Waals surface area contributed by atoms with Gasteiger partial charge in [-0.25, -0.2) is 0 Å². The zero-order valence-electron chi connectivity index (χ0n) is 10.7. The van der Waals surface area contributed by atoms with E-state index >= 15 is 0 Å². The van der Waals surface area contributed by atoms with E-state index in [1.165, 1.54) is 11.7 Å². The van der Waals surface area contributed by atoms with Gasteiger partial charge in [-0.3, -0.25) is 0 Å². The van der Waals surface area contributed by atoms with E-state index in [-0.39, 0.29) is 0 Å². The van der Waals surface area contributed by atoms with Crippen LogP contribution in [0.5, 0.6) is 0 Å². The third-order valence-corrected chi connectivity index (χ3v) is 4.59. The molecule has 1 heterocycles. The lowest BCUT2D eigenvalue weighted by Gasteiger charge is -2.29. The minimum Gasteiger partial charge on any atom is -0.381 e. The Morgan fingerprint density at radius 1 is 1.26 bits per heavy atom. The maximum atomic E-state index is 6.28. The van der Waals surface area contributed by atoms with Gasteiger partial charge in [-0.1, -0.05) is 11.6 Å². The summed E-state index contributed by atoms with van der Waals surface area (Å²) in [5.41, 5.74) is 2.71. The van der Waals surface area contributed by atoms with Crippen LogP contribution in [0.3, 0.4) is 0 Å². The number of rotatable bonds is 3. The van der Waals surface area contributed by atoms with Crippen molar-refractivity contribution < 1.29 is 4.74 Å². The monoisotopic (exact) mass is 297 g/mol. The molecule has 1 aromatic carbocycles. The number of hydrogen-bond donors (Lipinski definition) is 1. The van der Waals surface area contributed by atoms with Gasteiger partial charge in [-0.15, -0.1) is 0 Å². The number of benzene rings is 1. The van der Waals surface area contributed by atoms with Crippen molar-refractivity contribution in [1.29, 1.82) is 0 Å². The maximum absolute atomic E-state index is 6.28. The van der Waals surface area contributed by atoms with Gasteiger partial charge >= 0.3 is 0 Å². The van der Waals surface area contributed by atoms with E-state index in [9.17, 15) is 0 Å². The highest BCUT2D eigenvalue weighted by atomic mass is 35.5. The molecule has 3 rings (SSSR count). The molecule has 0 spiro atoms. The lowest BCUT2D eigenvalue weighted by Crippen LogP contribution is -2.29. The van der Waals surface area contributed by atoms with Crippen LogP contribution in [0.2, 0.25) is 5.02 Å². The van der Waals surface area contributed by atoms with Gasteiger partial charge in [-0.05, 0) is 37.8 Å². The normalized spacial score (nSPS) is 23.7. The Hall–Kier alpha value is -0.910. The SMILES string of the molecule is COC1CCC(Nc2c(Cl)ccc3nsnc23)CC1. The highest BCUT2D eigenvalue weighted by Crippen LogP contribution is 2.32. The zero-order valence-corrected chi connectivity index (χ0v) is 12.3. The minimum absolute atomic E-state index is 0.408. The number of aromatic nitrogens is 2. The van der Waals surface area contributed by atoms with Gasteiger partial charge in [0.05, 0.1) is 28.5 Å². The average molecular weight is 298 g/mol. The number of hydrogen-bond acceptors (Lipinski definition) is 5. The Bertz CT molecular complexity index is 566. The number of halogens is 1. The summed E-state index contributed by atoms with van der Waals surface area (Å²) in [6, 6.07) is 4.24. The molecule has 0 amide bonds. The second-order valence-electron chi connectivity index (χ2n) is 4.91. The summed E-state index contributed by atoms with van der Waals surface area (Å²) in [4.78, 5) is 0. The zero-order chi connectivity index (χ0) is 13.2. The molecule has 0 unspecified atom stereocenters. The molecular formula is C13H16ClN3OS.